The Bertz CT molecular complexity index is 1280. The van der Waals surface area contributed by atoms with Gasteiger partial charge in [0.15, 0.2) is 0 Å². The summed E-state index contributed by atoms with van der Waals surface area (Å²) in [6.07, 6.45) is 0.831. The van der Waals surface area contributed by atoms with Crippen molar-refractivity contribution in [2.75, 3.05) is 6.54 Å². The van der Waals surface area contributed by atoms with Crippen molar-refractivity contribution >= 4 is 20.8 Å². The highest BCUT2D eigenvalue weighted by atomic mass is 32.2. The average molecular weight is 405 g/mol. The van der Waals surface area contributed by atoms with Gasteiger partial charge in [0.1, 0.15) is 22.8 Å². The van der Waals surface area contributed by atoms with E-state index in [-0.39, 0.29) is 9.79 Å². The maximum Gasteiger partial charge on any atom is 0.206 e. The van der Waals surface area contributed by atoms with E-state index in [1.165, 1.54) is 0 Å². The summed E-state index contributed by atoms with van der Waals surface area (Å²) in [6.45, 7) is 1.54. The number of furan rings is 1. The summed E-state index contributed by atoms with van der Waals surface area (Å²) < 4.78 is 37.9. The Balaban J connectivity index is 1.47. The first kappa shape index (κ1) is 18.0. The van der Waals surface area contributed by atoms with Crippen LogP contribution in [0.15, 0.2) is 87.0 Å². The first-order valence-electron chi connectivity index (χ1n) is 9.44. The molecule has 1 aromatic heterocycles. The normalized spacial score (nSPS) is 13.9. The van der Waals surface area contributed by atoms with Crippen molar-refractivity contribution in [3.8, 4) is 11.5 Å². The van der Waals surface area contributed by atoms with Crippen LogP contribution in [0.1, 0.15) is 11.3 Å². The topological polar surface area (TPSA) is 68.5 Å². The molecule has 1 aliphatic heterocycles. The van der Waals surface area contributed by atoms with Gasteiger partial charge in [-0.15, -0.1) is 0 Å². The lowest BCUT2D eigenvalue weighted by Gasteiger charge is -2.11. The maximum atomic E-state index is 13.2. The number of hydrogen-bond acceptors (Lipinski definition) is 5. The van der Waals surface area contributed by atoms with Crippen LogP contribution in [-0.2, 0) is 22.8 Å². The van der Waals surface area contributed by atoms with Crippen LogP contribution in [0.4, 0.5) is 0 Å². The molecule has 5 rings (SSSR count). The summed E-state index contributed by atoms with van der Waals surface area (Å²) >= 11 is 0. The lowest BCUT2D eigenvalue weighted by Crippen LogP contribution is -2.22. The zero-order valence-electron chi connectivity index (χ0n) is 15.6. The van der Waals surface area contributed by atoms with Crippen LogP contribution in [-0.4, -0.2) is 15.0 Å². The van der Waals surface area contributed by atoms with Crippen LogP contribution in [0.2, 0.25) is 0 Å². The van der Waals surface area contributed by atoms with Crippen LogP contribution >= 0.6 is 0 Å². The summed E-state index contributed by atoms with van der Waals surface area (Å²) in [6, 6.07) is 20.9. The van der Waals surface area contributed by atoms with Crippen molar-refractivity contribution in [1.82, 2.24) is 5.32 Å². The van der Waals surface area contributed by atoms with Crippen molar-refractivity contribution < 1.29 is 17.6 Å². The summed E-state index contributed by atoms with van der Waals surface area (Å²) in [5.41, 5.74) is 1.83. The van der Waals surface area contributed by atoms with Crippen LogP contribution in [0.5, 0.6) is 11.5 Å². The van der Waals surface area contributed by atoms with E-state index in [1.54, 1.807) is 42.5 Å². The third-order valence-electron chi connectivity index (χ3n) is 5.11. The fraction of sp³-hybridized carbons (Fsp3) is 0.130. The summed E-state index contributed by atoms with van der Waals surface area (Å²) in [5, 5.41) is 4.15. The molecule has 6 heteroatoms. The van der Waals surface area contributed by atoms with E-state index in [0.717, 1.165) is 35.3 Å². The Morgan fingerprint density at radius 1 is 0.862 bits per heavy atom. The molecule has 3 aromatic carbocycles. The molecular formula is C23H19NO4S. The van der Waals surface area contributed by atoms with Crippen molar-refractivity contribution in [3.63, 3.8) is 0 Å². The van der Waals surface area contributed by atoms with E-state index in [4.69, 9.17) is 9.15 Å². The molecule has 1 aliphatic rings. The number of rotatable bonds is 4. The summed E-state index contributed by atoms with van der Waals surface area (Å²) in [5.74, 6) is 2.18. The van der Waals surface area contributed by atoms with E-state index in [0.29, 0.717) is 18.0 Å². The minimum Gasteiger partial charge on any atom is -0.459 e. The first-order chi connectivity index (χ1) is 14.1. The molecule has 0 fully saturated rings. The van der Waals surface area contributed by atoms with Crippen LogP contribution in [0.3, 0.4) is 0 Å². The lowest BCUT2D eigenvalue weighted by atomic mass is 10.1. The standard InChI is InChI=1S/C23H19NO4S/c25-29(26,18-8-6-17(7-9-18)27-16-4-2-1-3-5-16)19-10-11-22-21(14-19)20-12-13-24-15-23(20)28-22/h1-11,14,24H,12-13,15H2. The van der Waals surface area contributed by atoms with Gasteiger partial charge in [-0.2, -0.15) is 0 Å². The molecular weight excluding hydrogens is 386 g/mol. The molecule has 0 radical (unpaired) electrons. The second-order valence-electron chi connectivity index (χ2n) is 6.98. The molecule has 2 heterocycles. The maximum absolute atomic E-state index is 13.2. The molecule has 5 nitrogen and oxygen atoms in total. The number of ether oxygens (including phenoxy) is 1. The van der Waals surface area contributed by atoms with Crippen LogP contribution < -0.4 is 10.1 Å². The Labute approximate surface area is 168 Å². The molecule has 0 aliphatic carbocycles. The fourth-order valence-corrected chi connectivity index (χ4v) is 4.91. The molecule has 0 atom stereocenters. The quantitative estimate of drug-likeness (QED) is 0.533. The van der Waals surface area contributed by atoms with E-state index >= 15 is 0 Å². The van der Waals surface area contributed by atoms with Crippen molar-refractivity contribution in [3.05, 3.63) is 84.1 Å². The molecule has 0 amide bonds. The van der Waals surface area contributed by atoms with Crippen molar-refractivity contribution in [2.24, 2.45) is 0 Å². The summed E-state index contributed by atoms with van der Waals surface area (Å²) in [4.78, 5) is 0.500. The Morgan fingerprint density at radius 2 is 1.59 bits per heavy atom. The van der Waals surface area contributed by atoms with Crippen molar-refractivity contribution in [1.29, 1.82) is 0 Å². The molecule has 146 valence electrons. The van der Waals surface area contributed by atoms with E-state index in [1.807, 2.05) is 30.3 Å². The van der Waals surface area contributed by atoms with Crippen molar-refractivity contribution in [2.45, 2.75) is 22.8 Å². The molecule has 1 N–H and O–H groups in total. The number of hydrogen-bond donors (Lipinski definition) is 1. The van der Waals surface area contributed by atoms with Gasteiger partial charge >= 0.3 is 0 Å². The van der Waals surface area contributed by atoms with Gasteiger partial charge in [0, 0.05) is 10.9 Å². The van der Waals surface area contributed by atoms with Gasteiger partial charge in [0.05, 0.1) is 16.3 Å². The van der Waals surface area contributed by atoms with Gasteiger partial charge in [-0.05, 0) is 67.6 Å². The average Bonchev–Trinajstić information content (AvgIpc) is 3.13. The second-order valence-corrected chi connectivity index (χ2v) is 8.93. The minimum absolute atomic E-state index is 0.233. The van der Waals surface area contributed by atoms with E-state index in [2.05, 4.69) is 5.32 Å². The van der Waals surface area contributed by atoms with Crippen LogP contribution in [0.25, 0.3) is 11.0 Å². The number of benzene rings is 3. The fourth-order valence-electron chi connectivity index (χ4n) is 3.63. The third-order valence-corrected chi connectivity index (χ3v) is 6.87. The molecule has 0 unspecified atom stereocenters. The van der Waals surface area contributed by atoms with Gasteiger partial charge in [-0.25, -0.2) is 8.42 Å². The second kappa shape index (κ2) is 7.06. The number of nitrogens with one attached hydrogen (secondary N) is 1. The predicted molar refractivity (Wildman–Crippen MR) is 110 cm³/mol. The zero-order chi connectivity index (χ0) is 19.8. The third kappa shape index (κ3) is 3.30. The van der Waals surface area contributed by atoms with Gasteiger partial charge in [0.2, 0.25) is 9.84 Å². The molecule has 0 saturated heterocycles. The Hall–Kier alpha value is -3.09. The highest BCUT2D eigenvalue weighted by molar-refractivity contribution is 7.91. The van der Waals surface area contributed by atoms with Crippen LogP contribution in [0, 0.1) is 0 Å². The summed E-state index contributed by atoms with van der Waals surface area (Å²) in [7, 11) is -3.64. The Kier molecular flexibility index (Phi) is 4.38. The molecule has 4 aromatic rings. The first-order valence-corrected chi connectivity index (χ1v) is 10.9. The molecule has 0 spiro atoms. The van der Waals surface area contributed by atoms with Gasteiger partial charge in [0.25, 0.3) is 0 Å². The molecule has 0 saturated carbocycles. The zero-order valence-corrected chi connectivity index (χ0v) is 16.4. The van der Waals surface area contributed by atoms with Gasteiger partial charge < -0.3 is 14.5 Å². The van der Waals surface area contributed by atoms with E-state index < -0.39 is 9.84 Å². The lowest BCUT2D eigenvalue weighted by molar-refractivity contribution is 0.482. The minimum atomic E-state index is -3.64. The number of sulfone groups is 1. The monoisotopic (exact) mass is 405 g/mol. The smallest absolute Gasteiger partial charge is 0.206 e. The van der Waals surface area contributed by atoms with E-state index in [9.17, 15) is 8.42 Å². The highest BCUT2D eigenvalue weighted by Gasteiger charge is 2.22. The number of para-hydroxylation sites is 1. The largest absolute Gasteiger partial charge is 0.459 e. The highest BCUT2D eigenvalue weighted by Crippen LogP contribution is 2.32. The van der Waals surface area contributed by atoms with Gasteiger partial charge in [-0.3, -0.25) is 0 Å². The SMILES string of the molecule is O=S(=O)(c1ccc(Oc2ccccc2)cc1)c1ccc2oc3c(c2c1)CCNC3. The predicted octanol–water partition coefficient (Wildman–Crippen LogP) is 4.70. The molecule has 0 bridgehead atoms. The van der Waals surface area contributed by atoms with Gasteiger partial charge in [-0.1, -0.05) is 18.2 Å². The number of fused-ring (bicyclic) bond motifs is 3. The molecule has 29 heavy (non-hydrogen) atoms. The Morgan fingerprint density at radius 3 is 2.38 bits per heavy atom.